The number of hydrogen-bond donors (Lipinski definition) is 1. The summed E-state index contributed by atoms with van der Waals surface area (Å²) in [5.74, 6) is 0.188. The van der Waals surface area contributed by atoms with Crippen molar-refractivity contribution in [3.8, 4) is 0 Å². The molecule has 0 spiro atoms. The van der Waals surface area contributed by atoms with E-state index in [1.54, 1.807) is 6.20 Å². The van der Waals surface area contributed by atoms with E-state index < -0.39 is 0 Å². The summed E-state index contributed by atoms with van der Waals surface area (Å²) < 4.78 is 7.96. The summed E-state index contributed by atoms with van der Waals surface area (Å²) in [5.41, 5.74) is 2.66. The summed E-state index contributed by atoms with van der Waals surface area (Å²) in [6, 6.07) is 1.91. The maximum Gasteiger partial charge on any atom is 0.214 e. The van der Waals surface area contributed by atoms with Crippen molar-refractivity contribution in [1.82, 2.24) is 9.38 Å². The Balaban J connectivity index is 2.56. The Labute approximate surface area is 102 Å². The Morgan fingerprint density at radius 2 is 2.38 bits per heavy atom. The fourth-order valence-electron chi connectivity index (χ4n) is 1.58. The molecule has 2 rings (SSSR count). The molecule has 5 heteroatoms. The molecule has 0 aromatic carbocycles. The Morgan fingerprint density at radius 1 is 1.62 bits per heavy atom. The Kier molecular flexibility index (Phi) is 2.96. The lowest BCUT2D eigenvalue weighted by Gasteiger charge is -2.07. The quantitative estimate of drug-likeness (QED) is 0.680. The van der Waals surface area contributed by atoms with Crippen molar-refractivity contribution in [2.75, 3.05) is 6.61 Å². The van der Waals surface area contributed by atoms with Gasteiger partial charge >= 0.3 is 0 Å². The average molecular weight is 282 g/mol. The summed E-state index contributed by atoms with van der Waals surface area (Å²) in [6.45, 7) is 4.34. The van der Waals surface area contributed by atoms with Crippen LogP contribution >= 0.6 is 15.9 Å². The lowest BCUT2D eigenvalue weighted by Crippen LogP contribution is -2.06. The normalized spacial score (nSPS) is 10.7. The van der Waals surface area contributed by atoms with Gasteiger partial charge in [-0.1, -0.05) is 0 Å². The standard InChI is InChI=1S/C11H12BrN3O/c1-3-16-10(13)8-4-7(2)11-14-5-9(12)15(11)6-8/h4-6,13H,3H2,1-2H3. The molecular weight excluding hydrogens is 270 g/mol. The number of ether oxygens (including phenoxy) is 1. The second-order valence-corrected chi connectivity index (χ2v) is 4.26. The van der Waals surface area contributed by atoms with Crippen LogP contribution in [0.25, 0.3) is 5.65 Å². The first-order valence-electron chi connectivity index (χ1n) is 4.98. The van der Waals surface area contributed by atoms with Crippen LogP contribution in [0.5, 0.6) is 0 Å². The second kappa shape index (κ2) is 4.25. The first kappa shape index (κ1) is 11.1. The highest BCUT2D eigenvalue weighted by Gasteiger charge is 2.09. The lowest BCUT2D eigenvalue weighted by molar-refractivity contribution is 0.325. The molecule has 0 aliphatic rings. The number of imidazole rings is 1. The highest BCUT2D eigenvalue weighted by Crippen LogP contribution is 2.18. The van der Waals surface area contributed by atoms with Crippen LogP contribution in [-0.2, 0) is 4.74 Å². The monoisotopic (exact) mass is 281 g/mol. The molecule has 0 saturated heterocycles. The molecule has 2 heterocycles. The summed E-state index contributed by atoms with van der Waals surface area (Å²) in [4.78, 5) is 4.27. The van der Waals surface area contributed by atoms with Crippen molar-refractivity contribution >= 4 is 27.5 Å². The second-order valence-electron chi connectivity index (χ2n) is 3.45. The van der Waals surface area contributed by atoms with Gasteiger partial charge in [-0.05, 0) is 41.4 Å². The molecule has 4 nitrogen and oxygen atoms in total. The van der Waals surface area contributed by atoms with E-state index in [0.717, 1.165) is 21.4 Å². The first-order chi connectivity index (χ1) is 7.63. The maximum atomic E-state index is 7.75. The molecule has 0 amide bonds. The minimum Gasteiger partial charge on any atom is -0.478 e. The van der Waals surface area contributed by atoms with E-state index in [1.807, 2.05) is 30.5 Å². The zero-order valence-corrected chi connectivity index (χ0v) is 10.7. The van der Waals surface area contributed by atoms with Crippen LogP contribution in [-0.4, -0.2) is 21.9 Å². The van der Waals surface area contributed by atoms with E-state index in [0.29, 0.717) is 6.61 Å². The Bertz CT molecular complexity index is 547. The fraction of sp³-hybridized carbons (Fsp3) is 0.273. The van der Waals surface area contributed by atoms with Gasteiger partial charge in [-0.3, -0.25) is 9.81 Å². The van der Waals surface area contributed by atoms with Gasteiger partial charge in [0.1, 0.15) is 10.3 Å². The third-order valence-corrected chi connectivity index (χ3v) is 2.88. The van der Waals surface area contributed by atoms with Crippen LogP contribution in [0.2, 0.25) is 0 Å². The highest BCUT2D eigenvalue weighted by molar-refractivity contribution is 9.10. The number of halogens is 1. The van der Waals surface area contributed by atoms with Crippen LogP contribution in [0, 0.1) is 12.3 Å². The molecule has 0 atom stereocenters. The van der Waals surface area contributed by atoms with Crippen LogP contribution < -0.4 is 0 Å². The van der Waals surface area contributed by atoms with Gasteiger partial charge in [0.2, 0.25) is 5.90 Å². The predicted octanol–water partition coefficient (Wildman–Crippen LogP) is 2.77. The molecule has 0 fully saturated rings. The highest BCUT2D eigenvalue weighted by atomic mass is 79.9. The van der Waals surface area contributed by atoms with E-state index in [1.165, 1.54) is 0 Å². The molecule has 16 heavy (non-hydrogen) atoms. The molecule has 2 aromatic heterocycles. The molecule has 1 N–H and O–H groups in total. The minimum atomic E-state index is 0.188. The van der Waals surface area contributed by atoms with E-state index in [-0.39, 0.29) is 5.90 Å². The van der Waals surface area contributed by atoms with E-state index in [9.17, 15) is 0 Å². The number of aryl methyl sites for hydroxylation is 1. The molecule has 0 saturated carbocycles. The summed E-state index contributed by atoms with van der Waals surface area (Å²) in [5, 5.41) is 7.75. The van der Waals surface area contributed by atoms with Gasteiger partial charge in [0.15, 0.2) is 0 Å². The minimum absolute atomic E-state index is 0.188. The number of nitrogens with zero attached hydrogens (tertiary/aromatic N) is 2. The van der Waals surface area contributed by atoms with Gasteiger partial charge in [-0.2, -0.15) is 0 Å². The lowest BCUT2D eigenvalue weighted by atomic mass is 10.2. The van der Waals surface area contributed by atoms with Crippen LogP contribution in [0.4, 0.5) is 0 Å². The molecule has 0 aliphatic carbocycles. The van der Waals surface area contributed by atoms with Gasteiger partial charge in [0.25, 0.3) is 0 Å². The summed E-state index contributed by atoms with van der Waals surface area (Å²) in [7, 11) is 0. The number of pyridine rings is 1. The van der Waals surface area contributed by atoms with Crippen LogP contribution in [0.3, 0.4) is 0 Å². The number of hydrogen-bond acceptors (Lipinski definition) is 3. The van der Waals surface area contributed by atoms with Crippen molar-refractivity contribution < 1.29 is 4.74 Å². The number of rotatable bonds is 2. The van der Waals surface area contributed by atoms with Crippen molar-refractivity contribution in [2.45, 2.75) is 13.8 Å². The molecule has 84 valence electrons. The molecular formula is C11H12BrN3O. The first-order valence-corrected chi connectivity index (χ1v) is 5.77. The van der Waals surface area contributed by atoms with Gasteiger partial charge in [0, 0.05) is 6.20 Å². The van der Waals surface area contributed by atoms with Crippen molar-refractivity contribution in [3.05, 3.63) is 34.2 Å². The molecule has 2 aromatic rings. The van der Waals surface area contributed by atoms with Crippen molar-refractivity contribution in [1.29, 1.82) is 5.41 Å². The SMILES string of the molecule is CCOC(=N)c1cc(C)c2ncc(Br)n2c1. The largest absolute Gasteiger partial charge is 0.478 e. The Morgan fingerprint density at radius 3 is 3.06 bits per heavy atom. The van der Waals surface area contributed by atoms with Gasteiger partial charge in [-0.25, -0.2) is 4.98 Å². The summed E-state index contributed by atoms with van der Waals surface area (Å²) in [6.07, 6.45) is 3.59. The average Bonchev–Trinajstić information content (AvgIpc) is 2.61. The van der Waals surface area contributed by atoms with E-state index in [4.69, 9.17) is 10.1 Å². The zero-order chi connectivity index (χ0) is 11.7. The van der Waals surface area contributed by atoms with E-state index >= 15 is 0 Å². The number of fused-ring (bicyclic) bond motifs is 1. The fourth-order valence-corrected chi connectivity index (χ4v) is 1.95. The zero-order valence-electron chi connectivity index (χ0n) is 9.12. The number of aromatic nitrogens is 2. The van der Waals surface area contributed by atoms with Gasteiger partial charge < -0.3 is 4.74 Å². The molecule has 0 aliphatic heterocycles. The predicted molar refractivity (Wildman–Crippen MR) is 66.1 cm³/mol. The maximum absolute atomic E-state index is 7.75. The van der Waals surface area contributed by atoms with E-state index in [2.05, 4.69) is 20.9 Å². The third-order valence-electron chi connectivity index (χ3n) is 2.30. The number of nitrogens with one attached hydrogen (secondary N) is 1. The van der Waals surface area contributed by atoms with Crippen molar-refractivity contribution in [2.24, 2.45) is 0 Å². The summed E-state index contributed by atoms with van der Waals surface area (Å²) >= 11 is 3.41. The van der Waals surface area contributed by atoms with Crippen LogP contribution in [0.1, 0.15) is 18.1 Å². The third kappa shape index (κ3) is 1.82. The van der Waals surface area contributed by atoms with Crippen LogP contribution in [0.15, 0.2) is 23.1 Å². The molecule has 0 radical (unpaired) electrons. The van der Waals surface area contributed by atoms with Crippen molar-refractivity contribution in [3.63, 3.8) is 0 Å². The smallest absolute Gasteiger partial charge is 0.214 e. The molecule has 0 unspecified atom stereocenters. The molecule has 0 bridgehead atoms. The topological polar surface area (TPSA) is 50.4 Å². The van der Waals surface area contributed by atoms with Gasteiger partial charge in [0.05, 0.1) is 18.4 Å². The van der Waals surface area contributed by atoms with Gasteiger partial charge in [-0.15, -0.1) is 0 Å². The Hall–Kier alpha value is -1.36.